The fraction of sp³-hybridized carbons (Fsp3) is 0.0526. The van der Waals surface area contributed by atoms with E-state index in [4.69, 9.17) is 16.6 Å². The van der Waals surface area contributed by atoms with Crippen molar-refractivity contribution in [3.8, 4) is 11.4 Å². The first kappa shape index (κ1) is 14.0. The van der Waals surface area contributed by atoms with Crippen LogP contribution >= 0.6 is 11.6 Å². The zero-order chi connectivity index (χ0) is 15.6. The van der Waals surface area contributed by atoms with Gasteiger partial charge in [0.2, 0.25) is 0 Å². The third-order valence-electron chi connectivity index (χ3n) is 3.82. The van der Waals surface area contributed by atoms with Gasteiger partial charge >= 0.3 is 0 Å². The first-order valence-electron chi connectivity index (χ1n) is 7.41. The summed E-state index contributed by atoms with van der Waals surface area (Å²) in [6.07, 6.45) is 3.58. The molecule has 0 spiro atoms. The number of aromatic nitrogens is 3. The molecule has 0 aliphatic rings. The van der Waals surface area contributed by atoms with Gasteiger partial charge in [0.1, 0.15) is 5.82 Å². The summed E-state index contributed by atoms with van der Waals surface area (Å²) in [5.74, 6) is 0.938. The summed E-state index contributed by atoms with van der Waals surface area (Å²) in [6, 6.07) is 20.1. The Hall–Kier alpha value is -2.65. The van der Waals surface area contributed by atoms with Crippen molar-refractivity contribution < 1.29 is 0 Å². The van der Waals surface area contributed by atoms with E-state index >= 15 is 0 Å². The maximum Gasteiger partial charge on any atom is 0.141 e. The molecule has 0 atom stereocenters. The lowest BCUT2D eigenvalue weighted by Gasteiger charge is -2.10. The molecule has 4 aromatic rings. The molecular weight excluding hydrogens is 306 g/mol. The highest BCUT2D eigenvalue weighted by atomic mass is 35.5. The summed E-state index contributed by atoms with van der Waals surface area (Å²) in [6.45, 7) is 0.721. The topological polar surface area (TPSA) is 30.7 Å². The highest BCUT2D eigenvalue weighted by molar-refractivity contribution is 6.30. The smallest absolute Gasteiger partial charge is 0.141 e. The number of nitrogens with zero attached hydrogens (tertiary/aromatic N) is 3. The molecule has 2 heterocycles. The Morgan fingerprint density at radius 3 is 2.57 bits per heavy atom. The molecule has 4 heteroatoms. The molecule has 0 aliphatic carbocycles. The number of imidazole rings is 1. The van der Waals surface area contributed by atoms with Crippen LogP contribution in [0.3, 0.4) is 0 Å². The highest BCUT2D eigenvalue weighted by Crippen LogP contribution is 2.26. The van der Waals surface area contributed by atoms with Crippen LogP contribution in [0.15, 0.2) is 73.1 Å². The second-order valence-corrected chi connectivity index (χ2v) is 5.81. The van der Waals surface area contributed by atoms with E-state index in [9.17, 15) is 0 Å². The lowest BCUT2D eigenvalue weighted by molar-refractivity contribution is 0.834. The zero-order valence-electron chi connectivity index (χ0n) is 12.4. The van der Waals surface area contributed by atoms with Gasteiger partial charge in [-0.2, -0.15) is 0 Å². The third-order valence-corrected chi connectivity index (χ3v) is 4.06. The fourth-order valence-electron chi connectivity index (χ4n) is 2.77. The summed E-state index contributed by atoms with van der Waals surface area (Å²) in [7, 11) is 0. The van der Waals surface area contributed by atoms with Crippen LogP contribution in [0.5, 0.6) is 0 Å². The summed E-state index contributed by atoms with van der Waals surface area (Å²) in [4.78, 5) is 8.90. The quantitative estimate of drug-likeness (QED) is 0.543. The van der Waals surface area contributed by atoms with E-state index in [1.807, 2.05) is 48.5 Å². The molecule has 0 saturated carbocycles. The van der Waals surface area contributed by atoms with E-state index in [0.29, 0.717) is 0 Å². The zero-order valence-corrected chi connectivity index (χ0v) is 13.1. The summed E-state index contributed by atoms with van der Waals surface area (Å²) < 4.78 is 2.22. The molecule has 4 rings (SSSR count). The molecule has 0 fully saturated rings. The molecule has 3 nitrogen and oxygen atoms in total. The molecular formula is C19H14ClN3. The van der Waals surface area contributed by atoms with E-state index in [1.165, 1.54) is 0 Å². The molecule has 0 amide bonds. The molecule has 0 N–H and O–H groups in total. The van der Waals surface area contributed by atoms with Crippen LogP contribution in [0, 0.1) is 0 Å². The van der Waals surface area contributed by atoms with Crippen LogP contribution in [0.2, 0.25) is 5.02 Å². The van der Waals surface area contributed by atoms with Crippen molar-refractivity contribution in [1.29, 1.82) is 0 Å². The Morgan fingerprint density at radius 1 is 0.913 bits per heavy atom. The van der Waals surface area contributed by atoms with Gasteiger partial charge in [0.05, 0.1) is 11.0 Å². The minimum atomic E-state index is 0.721. The Morgan fingerprint density at radius 2 is 1.74 bits per heavy atom. The van der Waals surface area contributed by atoms with Crippen molar-refractivity contribution in [3.05, 3.63) is 83.6 Å². The van der Waals surface area contributed by atoms with Gasteiger partial charge in [-0.15, -0.1) is 0 Å². The lowest BCUT2D eigenvalue weighted by Crippen LogP contribution is -2.02. The standard InChI is InChI=1S/C19H14ClN3/c20-16-5-3-4-14(12-16)13-23-18-7-2-1-6-17(18)22-19(23)15-8-10-21-11-9-15/h1-12H,13H2. The third kappa shape index (κ3) is 2.71. The lowest BCUT2D eigenvalue weighted by atomic mass is 10.2. The fourth-order valence-corrected chi connectivity index (χ4v) is 2.99. The molecule has 0 bridgehead atoms. The van der Waals surface area contributed by atoms with Gasteiger partial charge in [-0.1, -0.05) is 35.9 Å². The van der Waals surface area contributed by atoms with Gasteiger partial charge in [0.25, 0.3) is 0 Å². The molecule has 0 saturated heterocycles. The first-order valence-corrected chi connectivity index (χ1v) is 7.79. The number of benzene rings is 2. The highest BCUT2D eigenvalue weighted by Gasteiger charge is 2.12. The SMILES string of the molecule is Clc1cccc(Cn2c(-c3ccncc3)nc3ccccc32)c1. The van der Waals surface area contributed by atoms with Crippen LogP contribution in [0.1, 0.15) is 5.56 Å². The van der Waals surface area contributed by atoms with Gasteiger partial charge in [0.15, 0.2) is 0 Å². The monoisotopic (exact) mass is 319 g/mol. The van der Waals surface area contributed by atoms with Crippen molar-refractivity contribution in [1.82, 2.24) is 14.5 Å². The van der Waals surface area contributed by atoms with E-state index < -0.39 is 0 Å². The number of hydrogen-bond donors (Lipinski definition) is 0. The van der Waals surface area contributed by atoms with Gasteiger partial charge < -0.3 is 4.57 Å². The van der Waals surface area contributed by atoms with Crippen LogP contribution in [-0.2, 0) is 6.54 Å². The first-order chi connectivity index (χ1) is 11.3. The van der Waals surface area contributed by atoms with Gasteiger partial charge in [0, 0.05) is 29.5 Å². The van der Waals surface area contributed by atoms with Crippen molar-refractivity contribution in [2.75, 3.05) is 0 Å². The summed E-state index contributed by atoms with van der Waals surface area (Å²) >= 11 is 6.13. The van der Waals surface area contributed by atoms with Gasteiger partial charge in [-0.05, 0) is 42.0 Å². The predicted molar refractivity (Wildman–Crippen MR) is 93.5 cm³/mol. The molecule has 0 aliphatic heterocycles. The number of hydrogen-bond acceptors (Lipinski definition) is 2. The minimum Gasteiger partial charge on any atom is -0.319 e. The Bertz CT molecular complexity index is 961. The van der Waals surface area contributed by atoms with E-state index in [0.717, 1.165) is 39.6 Å². The normalized spacial score (nSPS) is 11.0. The number of halogens is 1. The molecule has 0 radical (unpaired) electrons. The number of para-hydroxylation sites is 2. The molecule has 2 aromatic heterocycles. The molecule has 23 heavy (non-hydrogen) atoms. The Kier molecular flexibility index (Phi) is 3.56. The predicted octanol–water partition coefficient (Wildman–Crippen LogP) is 4.80. The molecule has 0 unspecified atom stereocenters. The second-order valence-electron chi connectivity index (χ2n) is 5.38. The van der Waals surface area contributed by atoms with E-state index in [-0.39, 0.29) is 0 Å². The van der Waals surface area contributed by atoms with Crippen molar-refractivity contribution in [2.24, 2.45) is 0 Å². The van der Waals surface area contributed by atoms with Gasteiger partial charge in [-0.3, -0.25) is 4.98 Å². The van der Waals surface area contributed by atoms with E-state index in [1.54, 1.807) is 12.4 Å². The van der Waals surface area contributed by atoms with Gasteiger partial charge in [-0.25, -0.2) is 4.98 Å². The summed E-state index contributed by atoms with van der Waals surface area (Å²) in [5, 5.41) is 0.748. The summed E-state index contributed by atoms with van der Waals surface area (Å²) in [5.41, 5.74) is 4.30. The number of rotatable bonds is 3. The minimum absolute atomic E-state index is 0.721. The Balaban J connectivity index is 1.89. The maximum absolute atomic E-state index is 6.13. The maximum atomic E-state index is 6.13. The molecule has 112 valence electrons. The average Bonchev–Trinajstić information content (AvgIpc) is 2.95. The number of pyridine rings is 1. The van der Waals surface area contributed by atoms with Crippen molar-refractivity contribution in [3.63, 3.8) is 0 Å². The van der Waals surface area contributed by atoms with Crippen LogP contribution in [0.25, 0.3) is 22.4 Å². The van der Waals surface area contributed by atoms with E-state index in [2.05, 4.69) is 21.7 Å². The van der Waals surface area contributed by atoms with Crippen molar-refractivity contribution >= 4 is 22.6 Å². The number of fused-ring (bicyclic) bond motifs is 1. The van der Waals surface area contributed by atoms with Crippen molar-refractivity contribution in [2.45, 2.75) is 6.54 Å². The second kappa shape index (κ2) is 5.86. The Labute approximate surface area is 139 Å². The van der Waals surface area contributed by atoms with Crippen LogP contribution in [0.4, 0.5) is 0 Å². The average molecular weight is 320 g/mol. The largest absolute Gasteiger partial charge is 0.319 e. The van der Waals surface area contributed by atoms with Crippen LogP contribution < -0.4 is 0 Å². The molecule has 2 aromatic carbocycles. The van der Waals surface area contributed by atoms with Crippen LogP contribution in [-0.4, -0.2) is 14.5 Å².